The molecule has 0 saturated carbocycles. The Hall–Kier alpha value is -2.20. The van der Waals surface area contributed by atoms with Crippen molar-refractivity contribution in [3.05, 3.63) is 52.5 Å². The lowest BCUT2D eigenvalue weighted by atomic mass is 10.0. The Balaban J connectivity index is 2.51. The van der Waals surface area contributed by atoms with Gasteiger partial charge in [0, 0.05) is 22.7 Å². The molecule has 0 bridgehead atoms. The maximum Gasteiger partial charge on any atom is 0.200 e. The van der Waals surface area contributed by atoms with Crippen molar-refractivity contribution < 1.29 is 19.4 Å². The standard InChI is InChI=1S/C15H13ClO4/c1-19-11-7-12(17)14(13(8-11)20-2)15(18)9-3-5-10(16)6-4-9/h3-8,17H,1-2H3. The highest BCUT2D eigenvalue weighted by Gasteiger charge is 2.20. The van der Waals surface area contributed by atoms with Crippen LogP contribution in [0.25, 0.3) is 0 Å². The summed E-state index contributed by atoms with van der Waals surface area (Å²) in [6.45, 7) is 0. The predicted octanol–water partition coefficient (Wildman–Crippen LogP) is 3.29. The van der Waals surface area contributed by atoms with Gasteiger partial charge in [0.2, 0.25) is 5.78 Å². The Morgan fingerprint density at radius 2 is 1.75 bits per heavy atom. The van der Waals surface area contributed by atoms with Crippen LogP contribution in [0.15, 0.2) is 36.4 Å². The molecule has 0 aliphatic carbocycles. The number of benzene rings is 2. The number of hydrogen-bond donors (Lipinski definition) is 1. The van der Waals surface area contributed by atoms with Gasteiger partial charge in [-0.05, 0) is 24.3 Å². The third kappa shape index (κ3) is 2.70. The van der Waals surface area contributed by atoms with Crippen molar-refractivity contribution in [2.45, 2.75) is 0 Å². The van der Waals surface area contributed by atoms with Crippen LogP contribution >= 0.6 is 11.6 Å². The van der Waals surface area contributed by atoms with Crippen molar-refractivity contribution >= 4 is 17.4 Å². The summed E-state index contributed by atoms with van der Waals surface area (Å²) in [5.74, 6) is 0.119. The maximum atomic E-state index is 12.4. The van der Waals surface area contributed by atoms with E-state index in [1.165, 1.54) is 20.3 Å². The molecule has 0 heterocycles. The zero-order valence-electron chi connectivity index (χ0n) is 11.0. The molecule has 2 rings (SSSR count). The summed E-state index contributed by atoms with van der Waals surface area (Å²) in [6.07, 6.45) is 0. The summed E-state index contributed by atoms with van der Waals surface area (Å²) in [5.41, 5.74) is 0.504. The van der Waals surface area contributed by atoms with Gasteiger partial charge in [0.25, 0.3) is 0 Å². The van der Waals surface area contributed by atoms with E-state index in [1.807, 2.05) is 0 Å². The second kappa shape index (κ2) is 5.84. The van der Waals surface area contributed by atoms with Gasteiger partial charge >= 0.3 is 0 Å². The minimum Gasteiger partial charge on any atom is -0.507 e. The van der Waals surface area contributed by atoms with Crippen LogP contribution < -0.4 is 9.47 Å². The van der Waals surface area contributed by atoms with E-state index in [2.05, 4.69) is 0 Å². The van der Waals surface area contributed by atoms with Crippen LogP contribution in [-0.2, 0) is 0 Å². The van der Waals surface area contributed by atoms with E-state index < -0.39 is 0 Å². The highest BCUT2D eigenvalue weighted by atomic mass is 35.5. The number of halogens is 1. The van der Waals surface area contributed by atoms with Gasteiger partial charge in [-0.25, -0.2) is 0 Å². The summed E-state index contributed by atoms with van der Waals surface area (Å²) in [6, 6.07) is 9.32. The molecule has 0 aromatic heterocycles. The van der Waals surface area contributed by atoms with E-state index in [9.17, 15) is 9.90 Å². The lowest BCUT2D eigenvalue weighted by Crippen LogP contribution is -2.05. The Morgan fingerprint density at radius 3 is 2.30 bits per heavy atom. The first kappa shape index (κ1) is 14.2. The zero-order valence-corrected chi connectivity index (χ0v) is 11.8. The van der Waals surface area contributed by atoms with E-state index in [0.717, 1.165) is 0 Å². The number of carbonyl (C=O) groups is 1. The Morgan fingerprint density at radius 1 is 1.10 bits per heavy atom. The largest absolute Gasteiger partial charge is 0.507 e. The Bertz CT molecular complexity index is 635. The molecule has 0 aliphatic rings. The summed E-state index contributed by atoms with van der Waals surface area (Å²) in [5, 5.41) is 10.5. The van der Waals surface area contributed by atoms with Crippen LogP contribution in [0, 0.1) is 0 Å². The highest BCUT2D eigenvalue weighted by molar-refractivity contribution is 6.30. The molecule has 20 heavy (non-hydrogen) atoms. The van der Waals surface area contributed by atoms with Gasteiger partial charge in [-0.1, -0.05) is 11.6 Å². The van der Waals surface area contributed by atoms with Gasteiger partial charge < -0.3 is 14.6 Å². The number of ketones is 1. The minimum absolute atomic E-state index is 0.0932. The molecule has 0 atom stereocenters. The summed E-state index contributed by atoms with van der Waals surface area (Å²) >= 11 is 5.79. The highest BCUT2D eigenvalue weighted by Crippen LogP contribution is 2.34. The molecule has 1 N–H and O–H groups in total. The van der Waals surface area contributed by atoms with Crippen LogP contribution in [0.4, 0.5) is 0 Å². The van der Waals surface area contributed by atoms with Crippen LogP contribution in [0.5, 0.6) is 17.2 Å². The molecule has 0 aliphatic heterocycles. The van der Waals surface area contributed by atoms with Crippen LogP contribution in [0.3, 0.4) is 0 Å². The van der Waals surface area contributed by atoms with Crippen molar-refractivity contribution in [2.75, 3.05) is 14.2 Å². The van der Waals surface area contributed by atoms with E-state index in [-0.39, 0.29) is 22.8 Å². The molecule has 4 nitrogen and oxygen atoms in total. The second-order valence-corrected chi connectivity index (χ2v) is 4.50. The van der Waals surface area contributed by atoms with Gasteiger partial charge in [0.15, 0.2) is 0 Å². The fraction of sp³-hybridized carbons (Fsp3) is 0.133. The second-order valence-electron chi connectivity index (χ2n) is 4.06. The fourth-order valence-electron chi connectivity index (χ4n) is 1.83. The molecule has 0 fully saturated rings. The predicted molar refractivity (Wildman–Crippen MR) is 76.1 cm³/mol. The van der Waals surface area contributed by atoms with Crippen molar-refractivity contribution in [1.29, 1.82) is 0 Å². The zero-order chi connectivity index (χ0) is 14.7. The van der Waals surface area contributed by atoms with E-state index in [1.54, 1.807) is 30.3 Å². The van der Waals surface area contributed by atoms with Crippen molar-refractivity contribution in [3.8, 4) is 17.2 Å². The van der Waals surface area contributed by atoms with Crippen molar-refractivity contribution in [1.82, 2.24) is 0 Å². The molecule has 0 radical (unpaired) electrons. The summed E-state index contributed by atoms with van der Waals surface area (Å²) in [7, 11) is 2.89. The molecular weight excluding hydrogens is 280 g/mol. The minimum atomic E-state index is -0.348. The molecule has 0 spiro atoms. The molecule has 5 heteroatoms. The number of aromatic hydroxyl groups is 1. The molecular formula is C15H13ClO4. The third-order valence-electron chi connectivity index (χ3n) is 2.84. The van der Waals surface area contributed by atoms with Crippen LogP contribution in [0.2, 0.25) is 5.02 Å². The topological polar surface area (TPSA) is 55.8 Å². The average Bonchev–Trinajstić information content (AvgIpc) is 2.46. The summed E-state index contributed by atoms with van der Waals surface area (Å²) < 4.78 is 10.2. The molecule has 2 aromatic rings. The van der Waals surface area contributed by atoms with Gasteiger partial charge in [-0.2, -0.15) is 0 Å². The SMILES string of the molecule is COc1cc(O)c(C(=O)c2ccc(Cl)cc2)c(OC)c1. The monoisotopic (exact) mass is 292 g/mol. The first-order chi connectivity index (χ1) is 9.56. The lowest BCUT2D eigenvalue weighted by Gasteiger charge is -2.11. The number of rotatable bonds is 4. The van der Waals surface area contributed by atoms with Crippen LogP contribution in [0.1, 0.15) is 15.9 Å². The first-order valence-corrected chi connectivity index (χ1v) is 6.20. The summed E-state index contributed by atoms with van der Waals surface area (Å²) in [4.78, 5) is 12.4. The normalized spacial score (nSPS) is 10.2. The number of phenolic OH excluding ortho intramolecular Hbond substituents is 1. The van der Waals surface area contributed by atoms with E-state index in [4.69, 9.17) is 21.1 Å². The van der Waals surface area contributed by atoms with Gasteiger partial charge in [-0.3, -0.25) is 4.79 Å². The first-order valence-electron chi connectivity index (χ1n) is 5.82. The Labute approximate surface area is 121 Å². The molecule has 104 valence electrons. The van der Waals surface area contributed by atoms with Gasteiger partial charge in [0.05, 0.1) is 14.2 Å². The molecule has 2 aromatic carbocycles. The number of phenols is 1. The van der Waals surface area contributed by atoms with Crippen LogP contribution in [-0.4, -0.2) is 25.1 Å². The lowest BCUT2D eigenvalue weighted by molar-refractivity contribution is 0.103. The van der Waals surface area contributed by atoms with E-state index in [0.29, 0.717) is 16.3 Å². The van der Waals surface area contributed by atoms with Crippen molar-refractivity contribution in [2.24, 2.45) is 0 Å². The fourth-order valence-corrected chi connectivity index (χ4v) is 1.95. The average molecular weight is 293 g/mol. The molecule has 0 saturated heterocycles. The van der Waals surface area contributed by atoms with E-state index >= 15 is 0 Å². The maximum absolute atomic E-state index is 12.4. The number of carbonyl (C=O) groups excluding carboxylic acids is 1. The third-order valence-corrected chi connectivity index (χ3v) is 3.10. The quantitative estimate of drug-likeness (QED) is 0.879. The number of hydrogen-bond acceptors (Lipinski definition) is 4. The van der Waals surface area contributed by atoms with Crippen molar-refractivity contribution in [3.63, 3.8) is 0 Å². The van der Waals surface area contributed by atoms with Gasteiger partial charge in [0.1, 0.15) is 22.8 Å². The smallest absolute Gasteiger partial charge is 0.200 e. The number of ether oxygens (including phenoxy) is 2. The Kier molecular flexibility index (Phi) is 4.15. The number of methoxy groups -OCH3 is 2. The molecule has 0 amide bonds. The molecule has 0 unspecified atom stereocenters. The van der Waals surface area contributed by atoms with Gasteiger partial charge in [-0.15, -0.1) is 0 Å².